The minimum atomic E-state index is 0.290. The Bertz CT molecular complexity index is 4610. The average molecular weight is 1240 g/mol. The zero-order valence-electron chi connectivity index (χ0n) is 57.8. The molecule has 0 amide bonds. The van der Waals surface area contributed by atoms with E-state index in [4.69, 9.17) is 47.8 Å². The fourth-order valence-corrected chi connectivity index (χ4v) is 12.0. The molecule has 0 aromatic carbocycles. The fourth-order valence-electron chi connectivity index (χ4n) is 12.0. The normalized spacial score (nSPS) is 11.5. The van der Waals surface area contributed by atoms with Gasteiger partial charge in [-0.25, -0.2) is 19.9 Å². The van der Waals surface area contributed by atoms with Gasteiger partial charge in [0.15, 0.2) is 46.1 Å². The van der Waals surface area contributed by atoms with E-state index in [9.17, 15) is 0 Å². The number of nitrogens with zero attached hydrogens (tertiary/aromatic N) is 17. The second-order valence-corrected chi connectivity index (χ2v) is 25.0. The summed E-state index contributed by atoms with van der Waals surface area (Å²) in [6, 6.07) is 0. The smallest absolute Gasteiger partial charge is 0.212 e. The molecule has 26 nitrogen and oxygen atoms in total. The summed E-state index contributed by atoms with van der Waals surface area (Å²) in [5.74, 6) is 8.14. The Labute approximate surface area is 531 Å². The summed E-state index contributed by atoms with van der Waals surface area (Å²) in [5, 5.41) is 44.2. The van der Waals surface area contributed by atoms with E-state index >= 15 is 0 Å². The third-order valence-electron chi connectivity index (χ3n) is 16.1. The van der Waals surface area contributed by atoms with E-state index in [-0.39, 0.29) is 0 Å². The topological polar surface area (TPSA) is 391 Å². The van der Waals surface area contributed by atoms with Gasteiger partial charge in [0.25, 0.3) is 0 Å². The first-order valence-corrected chi connectivity index (χ1v) is 30.6. The molecule has 0 atom stereocenters. The molecule has 0 aliphatic rings. The van der Waals surface area contributed by atoms with Gasteiger partial charge in [-0.3, -0.25) is 4.68 Å². The van der Waals surface area contributed by atoms with Gasteiger partial charge in [-0.2, -0.15) is 25.5 Å². The van der Waals surface area contributed by atoms with Crippen molar-refractivity contribution < 1.29 is 13.4 Å². The number of hydrogen-bond acceptors (Lipinski definition) is 23. The van der Waals surface area contributed by atoms with Gasteiger partial charge in [-0.05, 0) is 110 Å². The first-order valence-electron chi connectivity index (χ1n) is 30.6. The van der Waals surface area contributed by atoms with Crippen molar-refractivity contribution in [2.75, 3.05) is 34.4 Å². The van der Waals surface area contributed by atoms with Crippen LogP contribution >= 0.6 is 0 Å². The molecule has 26 heteroatoms. The summed E-state index contributed by atoms with van der Waals surface area (Å²) in [6.07, 6.45) is 0. The molecule has 12 aromatic heterocycles. The van der Waals surface area contributed by atoms with Gasteiger partial charge >= 0.3 is 0 Å². The van der Waals surface area contributed by atoms with Crippen molar-refractivity contribution in [3.05, 3.63) is 91.0 Å². The van der Waals surface area contributed by atoms with Crippen LogP contribution in [0, 0.1) is 69.2 Å². The molecule has 12 heterocycles. The number of fused-ring (bicyclic) bond motifs is 6. The number of furan rings is 2. The van der Waals surface area contributed by atoms with Crippen molar-refractivity contribution in [1.29, 1.82) is 0 Å². The molecule has 12 N–H and O–H groups in total. The average Bonchev–Trinajstić information content (AvgIpc) is 1.67. The number of hydrogen-bond donors (Lipinski definition) is 6. The van der Waals surface area contributed by atoms with Crippen molar-refractivity contribution in [3.8, 4) is 0 Å². The van der Waals surface area contributed by atoms with Gasteiger partial charge in [-0.15, -0.1) is 20.4 Å². The molecule has 0 unspecified atom stereocenters. The summed E-state index contributed by atoms with van der Waals surface area (Å²) in [7, 11) is 5.92. The SMILES string of the molecule is Cc1nc(N)c2c(n1)c(C(C)C)c(C)n2C.Cc1nc(N)c2oc(C)c(C(C)C)c2n1.Cc1nnc(N)c2c1c(C(C)C)c(C)n2C.Cc1nnc(N)c2c1c(C(C)C)nn2C.Cc1nnc(N)c2onc(C(C)C)c12.Cc1oc2c(N)nnc(C)c2c1C(C)C. The number of anilines is 6. The standard InChI is InChI=1S/2C12H18N4.2C11H15N3O.C10H15N5.C9H12N4O/c1-6(2)9-8(4)16(5)11-10(9)7(3)14-15-12(11)13;1-6(2)9-7(3)16(5)11-10(9)14-8(4)15-12(11)13;1-5(2)8-7(4)15-10-9(8)6(3)13-14-11(10)12;1-5(2)8-6(3)15-10-9(8)13-7(4)14-11(10)12;1-5(2)8-7-6(3)12-13-10(11)9(7)15(4)14-8;1-4(2)7-6-5(3)11-12-9(10)8(6)14-13-7/h6H,1-5H3,(H2,13,15);6H,1-5H3,(H2,13,14,15);5H,1-4H3,(H2,12,14);5H,1-4H3,(H2,12,13,14);5H,1-4H3,(H2,11,13);4H,1-3H3,(H2,10,12). The van der Waals surface area contributed by atoms with E-state index in [1.54, 1.807) is 4.68 Å². The van der Waals surface area contributed by atoms with Crippen molar-refractivity contribution in [3.63, 3.8) is 0 Å². The van der Waals surface area contributed by atoms with E-state index < -0.39 is 0 Å². The van der Waals surface area contributed by atoms with Crippen LogP contribution in [0.4, 0.5) is 34.9 Å². The molecular formula is C65H93N23O3. The molecule has 0 fully saturated rings. The molecule has 0 saturated carbocycles. The summed E-state index contributed by atoms with van der Waals surface area (Å²) >= 11 is 0. The number of aryl methyl sites for hydroxylation is 11. The highest BCUT2D eigenvalue weighted by Gasteiger charge is 2.24. The van der Waals surface area contributed by atoms with Crippen molar-refractivity contribution >= 4 is 101 Å². The number of aromatic nitrogens is 17. The van der Waals surface area contributed by atoms with Crippen LogP contribution in [0.15, 0.2) is 13.4 Å². The molecule has 91 heavy (non-hydrogen) atoms. The van der Waals surface area contributed by atoms with Crippen LogP contribution in [-0.4, -0.2) is 84.8 Å². The van der Waals surface area contributed by atoms with Crippen LogP contribution in [-0.2, 0) is 21.1 Å². The third-order valence-corrected chi connectivity index (χ3v) is 16.1. The zero-order valence-corrected chi connectivity index (χ0v) is 57.8. The number of nitrogens with two attached hydrogens (primary N) is 6. The molecule has 12 rings (SSSR count). The third kappa shape index (κ3) is 13.5. The summed E-state index contributed by atoms with van der Waals surface area (Å²) in [6.45, 7) is 45.1. The first-order chi connectivity index (χ1) is 42.5. The Kier molecular flexibility index (Phi) is 20.6. The van der Waals surface area contributed by atoms with Crippen LogP contribution in [0.1, 0.15) is 210 Å². The minimum absolute atomic E-state index is 0.290. The minimum Gasteiger partial charge on any atom is -0.457 e. The fraction of sp³-hybridized carbons (Fsp3) is 0.477. The maximum atomic E-state index is 5.97. The van der Waals surface area contributed by atoms with Crippen molar-refractivity contribution in [2.45, 2.75) is 188 Å². The van der Waals surface area contributed by atoms with Gasteiger partial charge in [0.2, 0.25) is 5.58 Å². The highest BCUT2D eigenvalue weighted by molar-refractivity contribution is 5.95. The molecule has 0 spiro atoms. The second-order valence-electron chi connectivity index (χ2n) is 25.0. The lowest BCUT2D eigenvalue weighted by molar-refractivity contribution is 0.441. The maximum Gasteiger partial charge on any atom is 0.212 e. The summed E-state index contributed by atoms with van der Waals surface area (Å²) in [4.78, 5) is 17.2. The Morgan fingerprint density at radius 1 is 0.341 bits per heavy atom. The lowest BCUT2D eigenvalue weighted by Gasteiger charge is -2.06. The largest absolute Gasteiger partial charge is 0.457 e. The molecule has 0 aliphatic carbocycles. The molecule has 0 saturated heterocycles. The van der Waals surface area contributed by atoms with Crippen LogP contribution in [0.2, 0.25) is 0 Å². The van der Waals surface area contributed by atoms with E-state index in [0.29, 0.717) is 93.0 Å². The van der Waals surface area contributed by atoms with Crippen LogP contribution in [0.5, 0.6) is 0 Å². The second kappa shape index (κ2) is 27.2. The molecule has 0 radical (unpaired) electrons. The highest BCUT2D eigenvalue weighted by atomic mass is 16.5. The Morgan fingerprint density at radius 2 is 0.758 bits per heavy atom. The summed E-state index contributed by atoms with van der Waals surface area (Å²) in [5.41, 5.74) is 54.2. The number of rotatable bonds is 6. The predicted octanol–water partition coefficient (Wildman–Crippen LogP) is 12.7. The maximum absolute atomic E-state index is 5.97. The summed E-state index contributed by atoms with van der Waals surface area (Å²) < 4.78 is 22.4. The quantitative estimate of drug-likeness (QED) is 0.0900. The van der Waals surface area contributed by atoms with E-state index in [2.05, 4.69) is 163 Å². The molecule has 12 aromatic rings. The van der Waals surface area contributed by atoms with E-state index in [1.807, 2.05) is 90.4 Å². The lowest BCUT2D eigenvalue weighted by atomic mass is 9.99. The van der Waals surface area contributed by atoms with Crippen molar-refractivity contribution in [1.82, 2.24) is 84.8 Å². The molecule has 486 valence electrons. The van der Waals surface area contributed by atoms with Crippen molar-refractivity contribution in [2.24, 2.45) is 21.1 Å². The van der Waals surface area contributed by atoms with Gasteiger partial charge in [-0.1, -0.05) is 88.2 Å². The first kappa shape index (κ1) is 68.9. The molecular weight excluding hydrogens is 1150 g/mol. The Hall–Kier alpha value is -9.62. The van der Waals surface area contributed by atoms with Gasteiger partial charge in [0.05, 0.1) is 61.4 Å². The molecule has 0 bridgehead atoms. The highest BCUT2D eigenvalue weighted by Crippen LogP contribution is 2.38. The molecule has 0 aliphatic heterocycles. The Balaban J connectivity index is 0.000000155. The van der Waals surface area contributed by atoms with E-state index in [1.165, 1.54) is 33.5 Å². The van der Waals surface area contributed by atoms with Gasteiger partial charge in [0, 0.05) is 54.6 Å². The van der Waals surface area contributed by atoms with Gasteiger partial charge in [0.1, 0.15) is 39.7 Å². The zero-order chi connectivity index (χ0) is 67.8. The van der Waals surface area contributed by atoms with Crippen LogP contribution in [0.3, 0.4) is 0 Å². The van der Waals surface area contributed by atoms with Gasteiger partial charge < -0.3 is 56.9 Å². The predicted molar refractivity (Wildman–Crippen MR) is 365 cm³/mol. The number of nitrogen functional groups attached to an aromatic ring is 6. The van der Waals surface area contributed by atoms with E-state index in [0.717, 1.165) is 101 Å². The monoisotopic (exact) mass is 1240 g/mol. The Morgan fingerprint density at radius 3 is 1.29 bits per heavy atom. The van der Waals surface area contributed by atoms with Crippen LogP contribution < -0.4 is 34.4 Å². The lowest BCUT2D eigenvalue weighted by Crippen LogP contribution is -2.00. The van der Waals surface area contributed by atoms with Crippen LogP contribution in [0.25, 0.3) is 65.9 Å².